The number of allylic oxidation sites excluding steroid dienone is 2. The smallest absolute Gasteiger partial charge is 0.240 e. The second kappa shape index (κ2) is 6.47. The molecule has 0 aromatic heterocycles. The molecule has 140 valence electrons. The van der Waals surface area contributed by atoms with Gasteiger partial charge in [-0.05, 0) is 66.6 Å². The van der Waals surface area contributed by atoms with Crippen LogP contribution in [-0.4, -0.2) is 14.5 Å². The highest BCUT2D eigenvalue weighted by molar-refractivity contribution is 9.10. The van der Waals surface area contributed by atoms with Gasteiger partial charge in [0, 0.05) is 22.1 Å². The Kier molecular flexibility index (Phi) is 4.18. The largest absolute Gasteiger partial charge is 0.378 e. The summed E-state index contributed by atoms with van der Waals surface area (Å²) >= 11 is 3.50. The van der Waals surface area contributed by atoms with Crippen LogP contribution in [0.15, 0.2) is 64.0 Å². The highest BCUT2D eigenvalue weighted by atomic mass is 79.9. The van der Waals surface area contributed by atoms with Crippen molar-refractivity contribution in [1.29, 1.82) is 0 Å². The van der Waals surface area contributed by atoms with E-state index >= 15 is 0 Å². The van der Waals surface area contributed by atoms with Crippen LogP contribution in [0, 0.1) is 5.92 Å². The molecule has 5 rings (SSSR count). The first kappa shape index (κ1) is 17.5. The van der Waals surface area contributed by atoms with Crippen LogP contribution in [0.2, 0.25) is 0 Å². The average molecular weight is 445 g/mol. The summed E-state index contributed by atoms with van der Waals surface area (Å²) in [6.07, 6.45) is 7.33. The maximum absolute atomic E-state index is 12.6. The van der Waals surface area contributed by atoms with Crippen LogP contribution in [0.25, 0.3) is 0 Å². The van der Waals surface area contributed by atoms with Crippen molar-refractivity contribution in [3.8, 4) is 0 Å². The SMILES string of the molecule is O=S(=O)(NC1CC1)c1ccc2c(c1)[C@H]1C=CC[C@H]1[C@@H](c1ccc(Br)cc1)N2. The third-order valence-corrected chi connectivity index (χ3v) is 7.82. The van der Waals surface area contributed by atoms with Crippen molar-refractivity contribution in [3.63, 3.8) is 0 Å². The molecule has 2 aliphatic carbocycles. The molecule has 6 heteroatoms. The number of anilines is 1. The van der Waals surface area contributed by atoms with Gasteiger partial charge in [-0.2, -0.15) is 0 Å². The first-order chi connectivity index (χ1) is 13.0. The van der Waals surface area contributed by atoms with Crippen molar-refractivity contribution in [2.24, 2.45) is 5.92 Å². The van der Waals surface area contributed by atoms with Gasteiger partial charge in [-0.1, -0.05) is 40.2 Å². The molecule has 0 bridgehead atoms. The van der Waals surface area contributed by atoms with Crippen LogP contribution in [-0.2, 0) is 10.0 Å². The quantitative estimate of drug-likeness (QED) is 0.670. The van der Waals surface area contributed by atoms with Gasteiger partial charge in [-0.15, -0.1) is 0 Å². The van der Waals surface area contributed by atoms with E-state index in [9.17, 15) is 8.42 Å². The monoisotopic (exact) mass is 444 g/mol. The number of benzene rings is 2. The highest BCUT2D eigenvalue weighted by Crippen LogP contribution is 2.50. The molecule has 1 aliphatic heterocycles. The van der Waals surface area contributed by atoms with Gasteiger partial charge >= 0.3 is 0 Å². The molecule has 2 aromatic rings. The van der Waals surface area contributed by atoms with E-state index in [1.165, 1.54) is 5.56 Å². The molecule has 1 saturated carbocycles. The Balaban J connectivity index is 1.52. The Morgan fingerprint density at radius 3 is 2.59 bits per heavy atom. The zero-order valence-corrected chi connectivity index (χ0v) is 17.1. The summed E-state index contributed by atoms with van der Waals surface area (Å²) in [6.45, 7) is 0. The zero-order valence-electron chi connectivity index (χ0n) is 14.7. The Labute approximate surface area is 168 Å². The van der Waals surface area contributed by atoms with Crippen LogP contribution in [0.1, 0.15) is 42.3 Å². The topological polar surface area (TPSA) is 58.2 Å². The van der Waals surface area contributed by atoms with Gasteiger partial charge in [0.25, 0.3) is 0 Å². The Bertz CT molecular complexity index is 1010. The van der Waals surface area contributed by atoms with E-state index in [0.29, 0.717) is 10.8 Å². The zero-order chi connectivity index (χ0) is 18.6. The Morgan fingerprint density at radius 1 is 1.07 bits per heavy atom. The van der Waals surface area contributed by atoms with Gasteiger partial charge in [-0.25, -0.2) is 13.1 Å². The predicted octanol–water partition coefficient (Wildman–Crippen LogP) is 4.72. The molecule has 1 fully saturated rings. The van der Waals surface area contributed by atoms with Crippen molar-refractivity contribution >= 4 is 31.6 Å². The van der Waals surface area contributed by atoms with Gasteiger partial charge in [-0.3, -0.25) is 0 Å². The minimum absolute atomic E-state index is 0.116. The summed E-state index contributed by atoms with van der Waals surface area (Å²) in [6, 6.07) is 14.3. The fourth-order valence-electron chi connectivity index (χ4n) is 4.23. The molecule has 0 radical (unpaired) electrons. The summed E-state index contributed by atoms with van der Waals surface area (Å²) < 4.78 is 29.1. The first-order valence-electron chi connectivity index (χ1n) is 9.36. The molecule has 2 aromatic carbocycles. The second-order valence-corrected chi connectivity index (χ2v) is 10.3. The lowest BCUT2D eigenvalue weighted by atomic mass is 9.77. The third kappa shape index (κ3) is 3.24. The van der Waals surface area contributed by atoms with E-state index in [-0.39, 0.29) is 18.0 Å². The van der Waals surface area contributed by atoms with Gasteiger partial charge in [0.2, 0.25) is 10.0 Å². The standard InChI is InChI=1S/C21H21BrN2O2S/c22-14-6-4-13(5-7-14)21-18-3-1-2-17(18)19-12-16(10-11-20(19)23-21)27(25,26)24-15-8-9-15/h1-2,4-7,10-12,15,17-18,21,23-24H,3,8-9H2/t17-,18+,21+/m0/s1. The third-order valence-electron chi connectivity index (χ3n) is 5.77. The molecule has 0 unspecified atom stereocenters. The number of nitrogens with one attached hydrogen (secondary N) is 2. The number of sulfonamides is 1. The maximum Gasteiger partial charge on any atom is 0.240 e. The minimum Gasteiger partial charge on any atom is -0.378 e. The Hall–Kier alpha value is -1.63. The molecule has 3 aliphatic rings. The summed E-state index contributed by atoms with van der Waals surface area (Å²) in [5.74, 6) is 0.638. The highest BCUT2D eigenvalue weighted by Gasteiger charge is 2.38. The van der Waals surface area contributed by atoms with Gasteiger partial charge in [0.1, 0.15) is 0 Å². The summed E-state index contributed by atoms with van der Waals surface area (Å²) in [5.41, 5.74) is 3.37. The molecule has 0 spiro atoms. The molecule has 3 atom stereocenters. The van der Waals surface area contributed by atoms with Crippen molar-refractivity contribution in [3.05, 3.63) is 70.2 Å². The number of hydrogen-bond acceptors (Lipinski definition) is 3. The number of hydrogen-bond donors (Lipinski definition) is 2. The van der Waals surface area contributed by atoms with Crippen LogP contribution in [0.3, 0.4) is 0 Å². The van der Waals surface area contributed by atoms with Gasteiger partial charge in [0.15, 0.2) is 0 Å². The first-order valence-corrected chi connectivity index (χ1v) is 11.6. The average Bonchev–Trinajstić information content (AvgIpc) is 3.31. The predicted molar refractivity (Wildman–Crippen MR) is 110 cm³/mol. The summed E-state index contributed by atoms with van der Waals surface area (Å²) in [7, 11) is -3.44. The molecular weight excluding hydrogens is 424 g/mol. The normalized spacial score (nSPS) is 26.3. The maximum atomic E-state index is 12.6. The van der Waals surface area contributed by atoms with Crippen molar-refractivity contribution in [2.75, 3.05) is 5.32 Å². The lowest BCUT2D eigenvalue weighted by molar-refractivity contribution is 0.425. The van der Waals surface area contributed by atoms with E-state index in [2.05, 4.69) is 62.4 Å². The van der Waals surface area contributed by atoms with E-state index in [4.69, 9.17) is 0 Å². The fraction of sp³-hybridized carbons (Fsp3) is 0.333. The van der Waals surface area contributed by atoms with Crippen LogP contribution in [0.5, 0.6) is 0 Å². The lowest BCUT2D eigenvalue weighted by Gasteiger charge is -2.37. The summed E-state index contributed by atoms with van der Waals surface area (Å²) in [5, 5.41) is 3.67. The van der Waals surface area contributed by atoms with Crippen molar-refractivity contribution < 1.29 is 8.42 Å². The molecular formula is C21H21BrN2O2S. The summed E-state index contributed by atoms with van der Waals surface area (Å²) in [4.78, 5) is 0.371. The molecule has 0 amide bonds. The number of halogens is 1. The van der Waals surface area contributed by atoms with E-state index in [1.54, 1.807) is 6.07 Å². The van der Waals surface area contributed by atoms with Crippen molar-refractivity contribution in [1.82, 2.24) is 4.72 Å². The molecule has 0 saturated heterocycles. The van der Waals surface area contributed by atoms with Gasteiger partial charge in [0.05, 0.1) is 10.9 Å². The van der Waals surface area contributed by atoms with Crippen LogP contribution >= 0.6 is 15.9 Å². The second-order valence-electron chi connectivity index (χ2n) is 7.67. The molecule has 1 heterocycles. The van der Waals surface area contributed by atoms with E-state index < -0.39 is 10.0 Å². The lowest BCUT2D eigenvalue weighted by Crippen LogP contribution is -2.30. The van der Waals surface area contributed by atoms with Crippen LogP contribution < -0.4 is 10.0 Å². The molecule has 27 heavy (non-hydrogen) atoms. The number of rotatable bonds is 4. The Morgan fingerprint density at radius 2 is 1.85 bits per heavy atom. The van der Waals surface area contributed by atoms with Crippen LogP contribution in [0.4, 0.5) is 5.69 Å². The van der Waals surface area contributed by atoms with Crippen molar-refractivity contribution in [2.45, 2.75) is 42.2 Å². The minimum atomic E-state index is -3.44. The molecule has 2 N–H and O–H groups in total. The van der Waals surface area contributed by atoms with E-state index in [1.807, 2.05) is 12.1 Å². The fourth-order valence-corrected chi connectivity index (χ4v) is 5.83. The molecule has 4 nitrogen and oxygen atoms in total. The van der Waals surface area contributed by atoms with E-state index in [0.717, 1.165) is 35.0 Å². The van der Waals surface area contributed by atoms with Gasteiger partial charge < -0.3 is 5.32 Å². The number of fused-ring (bicyclic) bond motifs is 3.